The molecule has 0 aliphatic carbocycles. The largest absolute Gasteiger partial charge is 0.336 e. The maximum atomic E-state index is 5.83. The third-order valence-corrected chi connectivity index (χ3v) is 3.42. The highest BCUT2D eigenvalue weighted by Gasteiger charge is 2.28. The number of rotatable bonds is 2. The van der Waals surface area contributed by atoms with E-state index in [0.717, 1.165) is 12.5 Å². The number of aromatic nitrogens is 2. The van der Waals surface area contributed by atoms with Gasteiger partial charge in [0, 0.05) is 19.1 Å². The summed E-state index contributed by atoms with van der Waals surface area (Å²) in [4.78, 5) is 10.7. The second kappa shape index (κ2) is 4.97. The van der Waals surface area contributed by atoms with Gasteiger partial charge in [-0.3, -0.25) is 0 Å². The summed E-state index contributed by atoms with van der Waals surface area (Å²) in [5.41, 5.74) is 5.83. The molecule has 2 unspecified atom stereocenters. The van der Waals surface area contributed by atoms with Gasteiger partial charge < -0.3 is 10.6 Å². The maximum Gasteiger partial charge on any atom is 0.225 e. The molecule has 2 atom stereocenters. The second-order valence-electron chi connectivity index (χ2n) is 4.32. The third-order valence-electron chi connectivity index (χ3n) is 3.22. The molecule has 0 saturated carbocycles. The Bertz CT molecular complexity index is 340. The van der Waals surface area contributed by atoms with Crippen molar-refractivity contribution < 1.29 is 0 Å². The average Bonchev–Trinajstić information content (AvgIpc) is 2.30. The Morgan fingerprint density at radius 2 is 2.19 bits per heavy atom. The molecule has 88 valence electrons. The Kier molecular flexibility index (Phi) is 3.61. The highest BCUT2D eigenvalue weighted by molar-refractivity contribution is 6.30. The van der Waals surface area contributed by atoms with E-state index in [-0.39, 0.29) is 0 Å². The predicted octanol–water partition coefficient (Wildman–Crippen LogP) is 1.69. The van der Waals surface area contributed by atoms with Crippen LogP contribution in [0.25, 0.3) is 0 Å². The average molecular weight is 241 g/mol. The first kappa shape index (κ1) is 11.6. The first-order chi connectivity index (χ1) is 7.72. The van der Waals surface area contributed by atoms with Crippen molar-refractivity contribution in [3.8, 4) is 0 Å². The molecule has 1 aliphatic rings. The molecule has 5 heteroatoms. The molecule has 2 N–H and O–H groups in total. The van der Waals surface area contributed by atoms with Gasteiger partial charge in [-0.2, -0.15) is 0 Å². The first-order valence-corrected chi connectivity index (χ1v) is 6.04. The van der Waals surface area contributed by atoms with Gasteiger partial charge in [-0.1, -0.05) is 18.5 Å². The molecule has 0 radical (unpaired) electrons. The van der Waals surface area contributed by atoms with Crippen LogP contribution in [0.2, 0.25) is 5.02 Å². The molecule has 1 saturated heterocycles. The number of hydrogen-bond donors (Lipinski definition) is 1. The number of nitrogens with zero attached hydrogens (tertiary/aromatic N) is 3. The Morgan fingerprint density at radius 1 is 1.50 bits per heavy atom. The highest BCUT2D eigenvalue weighted by Crippen LogP contribution is 2.25. The van der Waals surface area contributed by atoms with Gasteiger partial charge in [-0.25, -0.2) is 9.97 Å². The second-order valence-corrected chi connectivity index (χ2v) is 4.75. The minimum atomic E-state index is 0.343. The zero-order valence-corrected chi connectivity index (χ0v) is 10.2. The molecule has 2 rings (SSSR count). The Hall–Kier alpha value is -0.870. The minimum Gasteiger partial charge on any atom is -0.336 e. The van der Waals surface area contributed by atoms with Gasteiger partial charge >= 0.3 is 0 Å². The molecular formula is C11H17ClN4. The van der Waals surface area contributed by atoms with Crippen molar-refractivity contribution in [2.45, 2.75) is 25.8 Å². The fourth-order valence-electron chi connectivity index (χ4n) is 2.31. The van der Waals surface area contributed by atoms with Crippen LogP contribution in [0.5, 0.6) is 0 Å². The van der Waals surface area contributed by atoms with Crippen molar-refractivity contribution >= 4 is 17.5 Å². The van der Waals surface area contributed by atoms with Crippen LogP contribution in [0.15, 0.2) is 12.4 Å². The van der Waals surface area contributed by atoms with Gasteiger partial charge in [0.15, 0.2) is 0 Å². The van der Waals surface area contributed by atoms with Crippen LogP contribution in [0.1, 0.15) is 19.8 Å². The number of piperidine rings is 1. The lowest BCUT2D eigenvalue weighted by Gasteiger charge is -2.39. The van der Waals surface area contributed by atoms with Crippen LogP contribution in [-0.4, -0.2) is 29.1 Å². The first-order valence-electron chi connectivity index (χ1n) is 5.66. The van der Waals surface area contributed by atoms with Gasteiger partial charge in [0.05, 0.1) is 17.4 Å². The van der Waals surface area contributed by atoms with Gasteiger partial charge in [-0.15, -0.1) is 0 Å². The van der Waals surface area contributed by atoms with E-state index in [1.165, 1.54) is 12.8 Å². The zero-order valence-electron chi connectivity index (χ0n) is 9.43. The van der Waals surface area contributed by atoms with Crippen molar-refractivity contribution in [3.05, 3.63) is 17.4 Å². The Balaban J connectivity index is 2.20. The quantitative estimate of drug-likeness (QED) is 0.855. The molecule has 16 heavy (non-hydrogen) atoms. The third kappa shape index (κ3) is 2.28. The predicted molar refractivity (Wildman–Crippen MR) is 65.6 cm³/mol. The summed E-state index contributed by atoms with van der Waals surface area (Å²) in [5, 5.41) is 0.568. The van der Waals surface area contributed by atoms with Gasteiger partial charge in [0.1, 0.15) is 0 Å². The fourth-order valence-corrected chi connectivity index (χ4v) is 2.41. The highest BCUT2D eigenvalue weighted by atomic mass is 35.5. The van der Waals surface area contributed by atoms with E-state index in [0.29, 0.717) is 23.5 Å². The van der Waals surface area contributed by atoms with E-state index in [1.807, 2.05) is 0 Å². The van der Waals surface area contributed by atoms with E-state index in [1.54, 1.807) is 12.4 Å². The molecular weight excluding hydrogens is 224 g/mol. The lowest BCUT2D eigenvalue weighted by Crippen LogP contribution is -2.49. The van der Waals surface area contributed by atoms with Crippen molar-refractivity contribution in [2.24, 2.45) is 11.7 Å². The summed E-state index contributed by atoms with van der Waals surface area (Å²) in [6.07, 6.45) is 5.67. The van der Waals surface area contributed by atoms with E-state index < -0.39 is 0 Å². The summed E-state index contributed by atoms with van der Waals surface area (Å²) >= 11 is 5.78. The molecule has 0 aromatic carbocycles. The van der Waals surface area contributed by atoms with Crippen molar-refractivity contribution in [2.75, 3.05) is 18.0 Å². The van der Waals surface area contributed by atoms with Gasteiger partial charge in [-0.05, 0) is 18.8 Å². The van der Waals surface area contributed by atoms with Crippen LogP contribution >= 0.6 is 11.6 Å². The summed E-state index contributed by atoms with van der Waals surface area (Å²) in [5.74, 6) is 1.34. The monoisotopic (exact) mass is 240 g/mol. The van der Waals surface area contributed by atoms with Crippen LogP contribution in [0.4, 0.5) is 5.95 Å². The van der Waals surface area contributed by atoms with E-state index >= 15 is 0 Å². The maximum absolute atomic E-state index is 5.83. The lowest BCUT2D eigenvalue weighted by atomic mass is 9.91. The number of anilines is 1. The van der Waals surface area contributed by atoms with Gasteiger partial charge in [0.2, 0.25) is 5.95 Å². The fraction of sp³-hybridized carbons (Fsp3) is 0.636. The van der Waals surface area contributed by atoms with Crippen molar-refractivity contribution in [1.29, 1.82) is 0 Å². The van der Waals surface area contributed by atoms with E-state index in [2.05, 4.69) is 21.8 Å². The Morgan fingerprint density at radius 3 is 2.81 bits per heavy atom. The van der Waals surface area contributed by atoms with Crippen LogP contribution in [-0.2, 0) is 0 Å². The van der Waals surface area contributed by atoms with Crippen LogP contribution < -0.4 is 10.6 Å². The van der Waals surface area contributed by atoms with Crippen LogP contribution in [0.3, 0.4) is 0 Å². The molecule has 0 spiro atoms. The molecule has 1 aromatic rings. The molecule has 1 aromatic heterocycles. The number of halogens is 1. The molecule has 1 fully saturated rings. The van der Waals surface area contributed by atoms with E-state index in [9.17, 15) is 0 Å². The summed E-state index contributed by atoms with van der Waals surface area (Å²) < 4.78 is 0. The zero-order chi connectivity index (χ0) is 11.5. The topological polar surface area (TPSA) is 55.0 Å². The SMILES string of the molecule is CC1CCCN(c2ncc(Cl)cn2)C1CN. The van der Waals surface area contributed by atoms with E-state index in [4.69, 9.17) is 17.3 Å². The smallest absolute Gasteiger partial charge is 0.225 e. The Labute approximate surface area is 101 Å². The summed E-state index contributed by atoms with van der Waals surface area (Å²) in [7, 11) is 0. The molecule has 0 bridgehead atoms. The molecule has 0 amide bonds. The van der Waals surface area contributed by atoms with Crippen molar-refractivity contribution in [3.63, 3.8) is 0 Å². The molecule has 4 nitrogen and oxygen atoms in total. The summed E-state index contributed by atoms with van der Waals surface area (Å²) in [6, 6.07) is 0.343. The van der Waals surface area contributed by atoms with Crippen molar-refractivity contribution in [1.82, 2.24) is 9.97 Å². The lowest BCUT2D eigenvalue weighted by molar-refractivity contribution is 0.346. The number of hydrogen-bond acceptors (Lipinski definition) is 4. The summed E-state index contributed by atoms with van der Waals surface area (Å²) in [6.45, 7) is 3.86. The van der Waals surface area contributed by atoms with Gasteiger partial charge in [0.25, 0.3) is 0 Å². The minimum absolute atomic E-state index is 0.343. The molecule has 1 aliphatic heterocycles. The normalized spacial score (nSPS) is 25.8. The molecule has 2 heterocycles. The van der Waals surface area contributed by atoms with Crippen LogP contribution in [0, 0.1) is 5.92 Å². The number of nitrogens with two attached hydrogens (primary N) is 1. The standard InChI is InChI=1S/C11H17ClN4/c1-8-3-2-4-16(10(8)5-13)11-14-6-9(12)7-15-11/h6-8,10H,2-5,13H2,1H3.